The van der Waals surface area contributed by atoms with Crippen molar-refractivity contribution in [1.82, 2.24) is 0 Å². The normalized spacial score (nSPS) is 11.2. The summed E-state index contributed by atoms with van der Waals surface area (Å²) in [5, 5.41) is 0. The monoisotopic (exact) mass is 734 g/mol. The molecule has 0 unspecified atom stereocenters. The van der Waals surface area contributed by atoms with Gasteiger partial charge in [0.25, 0.3) is 0 Å². The summed E-state index contributed by atoms with van der Waals surface area (Å²) in [6.07, 6.45) is 13.1. The second kappa shape index (κ2) is 22.4. The van der Waals surface area contributed by atoms with Gasteiger partial charge in [-0.1, -0.05) is 114 Å². The Morgan fingerprint density at radius 3 is 1.16 bits per heavy atom. The number of unbranched alkanes of at least 4 members (excludes halogenated alkanes) is 8. The fraction of sp³-hybridized carbons (Fsp3) is 0.368. The molecule has 4 rings (SSSR count). The Kier molecular flexibility index (Phi) is 19.5. The molecule has 0 aromatic heterocycles. The molecule has 49 heavy (non-hydrogen) atoms. The van der Waals surface area contributed by atoms with Crippen LogP contribution >= 0.6 is 0 Å². The molecular weight excluding hydrogens is 689 g/mol. The van der Waals surface area contributed by atoms with Gasteiger partial charge in [0.05, 0.1) is 9.79 Å². The van der Waals surface area contributed by atoms with Crippen LogP contribution in [0.25, 0.3) is 0 Å². The number of para-hydroxylation sites is 2. The molecule has 0 N–H and O–H groups in total. The molecule has 8 nitrogen and oxygen atoms in total. The number of benzene rings is 4. The third-order valence-corrected chi connectivity index (χ3v) is 9.36. The standard InChI is InChI=1S/2C19H24O4S.Ca/c2*1-2-3-4-5-7-10-16-13-14-18(24(20,21)22)15-19(16)23-17-11-8-6-9-12-17;/h2*6,8-9,11-15H,2-5,7,10H2,1H3,(H,20,21,22);/q;;+2/p-2. The summed E-state index contributed by atoms with van der Waals surface area (Å²) in [6, 6.07) is 27.0. The van der Waals surface area contributed by atoms with E-state index in [9.17, 15) is 25.9 Å². The van der Waals surface area contributed by atoms with Crippen LogP contribution in [0.5, 0.6) is 23.0 Å². The van der Waals surface area contributed by atoms with E-state index >= 15 is 0 Å². The van der Waals surface area contributed by atoms with Crippen molar-refractivity contribution in [3.05, 3.63) is 108 Å². The van der Waals surface area contributed by atoms with Crippen LogP contribution in [0.15, 0.2) is 107 Å². The van der Waals surface area contributed by atoms with Gasteiger partial charge in [-0.2, -0.15) is 0 Å². The largest absolute Gasteiger partial charge is 2.00 e. The van der Waals surface area contributed by atoms with E-state index in [1.165, 1.54) is 62.8 Å². The smallest absolute Gasteiger partial charge is 0.744 e. The Hall–Kier alpha value is -2.44. The zero-order valence-electron chi connectivity index (χ0n) is 28.5. The fourth-order valence-corrected chi connectivity index (χ4v) is 6.03. The minimum absolute atomic E-state index is 0. The van der Waals surface area contributed by atoms with Crippen LogP contribution in [0.3, 0.4) is 0 Å². The van der Waals surface area contributed by atoms with Crippen LogP contribution in [0.4, 0.5) is 0 Å². The van der Waals surface area contributed by atoms with E-state index in [1.807, 2.05) is 36.4 Å². The average molecular weight is 735 g/mol. The van der Waals surface area contributed by atoms with Gasteiger partial charge >= 0.3 is 37.7 Å². The topological polar surface area (TPSA) is 133 Å². The average Bonchev–Trinajstić information content (AvgIpc) is 3.06. The van der Waals surface area contributed by atoms with E-state index < -0.39 is 20.2 Å². The van der Waals surface area contributed by atoms with Gasteiger partial charge in [-0.25, -0.2) is 16.8 Å². The van der Waals surface area contributed by atoms with Gasteiger partial charge in [0.15, 0.2) is 0 Å². The molecule has 0 saturated carbocycles. The molecule has 0 saturated heterocycles. The zero-order chi connectivity index (χ0) is 34.8. The van der Waals surface area contributed by atoms with Gasteiger partial charge in [-0.05, 0) is 85.3 Å². The summed E-state index contributed by atoms with van der Waals surface area (Å²) in [5.74, 6) is 2.11. The molecule has 0 amide bonds. The molecule has 0 heterocycles. The summed E-state index contributed by atoms with van der Waals surface area (Å²) in [6.45, 7) is 4.35. The summed E-state index contributed by atoms with van der Waals surface area (Å²) in [4.78, 5) is -0.522. The maximum atomic E-state index is 11.3. The van der Waals surface area contributed by atoms with Crippen molar-refractivity contribution in [2.45, 2.75) is 101 Å². The van der Waals surface area contributed by atoms with Gasteiger partial charge in [0.2, 0.25) is 0 Å². The second-order valence-corrected chi connectivity index (χ2v) is 14.4. The molecule has 0 radical (unpaired) electrons. The van der Waals surface area contributed by atoms with Gasteiger partial charge in [-0.3, -0.25) is 0 Å². The maximum absolute atomic E-state index is 11.3. The van der Waals surface area contributed by atoms with E-state index in [-0.39, 0.29) is 47.5 Å². The Labute approximate surface area is 322 Å². The van der Waals surface area contributed by atoms with Crippen LogP contribution in [0.2, 0.25) is 0 Å². The van der Waals surface area contributed by atoms with Crippen molar-refractivity contribution in [3.8, 4) is 23.0 Å². The first kappa shape index (κ1) is 42.7. The molecular formula is C38H46CaO8S2. The first-order valence-electron chi connectivity index (χ1n) is 16.6. The third-order valence-electron chi connectivity index (χ3n) is 7.70. The SMILES string of the molecule is CCCCCCCc1ccc(S(=O)(=O)[O-])cc1Oc1ccccc1.CCCCCCCc1ccc(S(=O)(=O)[O-])cc1Oc1ccccc1.[Ca+2]. The molecule has 0 atom stereocenters. The molecule has 4 aromatic rings. The van der Waals surface area contributed by atoms with Crippen molar-refractivity contribution >= 4 is 58.0 Å². The van der Waals surface area contributed by atoms with E-state index in [0.717, 1.165) is 49.7 Å². The van der Waals surface area contributed by atoms with Crippen molar-refractivity contribution in [2.24, 2.45) is 0 Å². The first-order valence-corrected chi connectivity index (χ1v) is 19.5. The van der Waals surface area contributed by atoms with Gasteiger partial charge < -0.3 is 18.6 Å². The summed E-state index contributed by atoms with van der Waals surface area (Å²) < 4.78 is 79.3. The Morgan fingerprint density at radius 2 is 0.837 bits per heavy atom. The fourth-order valence-electron chi connectivity index (χ4n) is 5.05. The number of aryl methyl sites for hydroxylation is 2. The minimum atomic E-state index is -4.50. The van der Waals surface area contributed by atoms with Crippen LogP contribution in [0.1, 0.15) is 89.2 Å². The predicted molar refractivity (Wildman–Crippen MR) is 193 cm³/mol. The predicted octanol–water partition coefficient (Wildman–Crippen LogP) is 9.41. The Bertz CT molecular complexity index is 1620. The van der Waals surface area contributed by atoms with E-state index in [2.05, 4.69) is 13.8 Å². The summed E-state index contributed by atoms with van der Waals surface area (Å²) in [5.41, 5.74) is 1.84. The molecule has 260 valence electrons. The second-order valence-electron chi connectivity index (χ2n) is 11.6. The molecule has 0 spiro atoms. The summed E-state index contributed by atoms with van der Waals surface area (Å²) in [7, 11) is -8.99. The quantitative estimate of drug-likeness (QED) is 0.0561. The number of hydrogen-bond donors (Lipinski definition) is 0. The van der Waals surface area contributed by atoms with E-state index in [1.54, 1.807) is 36.4 Å². The van der Waals surface area contributed by atoms with Crippen molar-refractivity contribution in [2.75, 3.05) is 0 Å². The minimum Gasteiger partial charge on any atom is -0.744 e. The summed E-state index contributed by atoms with van der Waals surface area (Å²) >= 11 is 0. The first-order chi connectivity index (χ1) is 23.0. The van der Waals surface area contributed by atoms with Gasteiger partial charge in [0, 0.05) is 0 Å². The Morgan fingerprint density at radius 1 is 0.490 bits per heavy atom. The third kappa shape index (κ3) is 16.0. The molecule has 0 bridgehead atoms. The van der Waals surface area contributed by atoms with Crippen LogP contribution in [-0.2, 0) is 33.1 Å². The van der Waals surface area contributed by atoms with E-state index in [4.69, 9.17) is 9.47 Å². The molecule has 0 aliphatic rings. The van der Waals surface area contributed by atoms with Gasteiger partial charge in [-0.15, -0.1) is 0 Å². The Balaban J connectivity index is 0.000000333. The molecule has 4 aromatic carbocycles. The van der Waals surface area contributed by atoms with E-state index in [0.29, 0.717) is 23.0 Å². The van der Waals surface area contributed by atoms with Crippen LogP contribution in [-0.4, -0.2) is 63.7 Å². The van der Waals surface area contributed by atoms with Crippen LogP contribution in [0, 0.1) is 0 Å². The number of hydrogen-bond acceptors (Lipinski definition) is 8. The van der Waals surface area contributed by atoms with Crippen molar-refractivity contribution in [1.29, 1.82) is 0 Å². The number of ether oxygens (including phenoxy) is 2. The van der Waals surface area contributed by atoms with Crippen LogP contribution < -0.4 is 9.47 Å². The molecule has 0 fully saturated rings. The number of rotatable bonds is 18. The van der Waals surface area contributed by atoms with Crippen molar-refractivity contribution in [3.63, 3.8) is 0 Å². The molecule has 11 heteroatoms. The maximum Gasteiger partial charge on any atom is 2.00 e. The molecule has 0 aliphatic heterocycles. The molecule has 0 aliphatic carbocycles. The van der Waals surface area contributed by atoms with Gasteiger partial charge in [0.1, 0.15) is 43.2 Å². The van der Waals surface area contributed by atoms with Crippen molar-refractivity contribution < 1.29 is 35.4 Å². The zero-order valence-corrected chi connectivity index (χ0v) is 32.4.